The molecule has 1 saturated heterocycles. The van der Waals surface area contributed by atoms with Crippen LogP contribution in [0, 0.1) is 17.6 Å². The number of rotatable bonds is 5. The molecule has 2 aliphatic rings. The Morgan fingerprint density at radius 2 is 1.81 bits per heavy atom. The van der Waals surface area contributed by atoms with Crippen molar-refractivity contribution in [3.05, 3.63) is 70.9 Å². The topological polar surface area (TPSA) is 67.8 Å². The van der Waals surface area contributed by atoms with Crippen LogP contribution in [0.4, 0.5) is 14.7 Å². The van der Waals surface area contributed by atoms with Crippen molar-refractivity contribution in [2.75, 3.05) is 31.6 Å². The highest BCUT2D eigenvalue weighted by Crippen LogP contribution is 2.34. The maximum atomic E-state index is 13.9. The Morgan fingerprint density at radius 3 is 2.56 bits per heavy atom. The number of fused-ring (bicyclic) bond motifs is 1. The number of carbonyl (C=O) groups is 1. The number of halogens is 2. The first-order chi connectivity index (χ1) is 17.4. The van der Waals surface area contributed by atoms with Gasteiger partial charge in [0.05, 0.1) is 30.5 Å². The van der Waals surface area contributed by atoms with E-state index in [4.69, 9.17) is 19.4 Å². The van der Waals surface area contributed by atoms with Crippen LogP contribution in [0.2, 0.25) is 0 Å². The van der Waals surface area contributed by atoms with Crippen LogP contribution in [0.25, 0.3) is 0 Å². The van der Waals surface area contributed by atoms with Gasteiger partial charge in [-0.15, -0.1) is 0 Å². The summed E-state index contributed by atoms with van der Waals surface area (Å²) in [4.78, 5) is 26.7. The average Bonchev–Trinajstić information content (AvgIpc) is 2.90. The standard InChI is InChI=1S/C27H28F2N4O3/c1-17-9-12-32(13-10-17)27-30-23-11-14-33(26(34)19-5-3-4-6-24(19)35-2)16-20(23)25(31-27)36-18-7-8-21(28)22(29)15-18/h3-8,15,17H,9-14,16H2,1-2H3. The lowest BCUT2D eigenvalue weighted by molar-refractivity contribution is 0.0728. The first-order valence-electron chi connectivity index (χ1n) is 12.1. The normalized spacial score (nSPS) is 16.0. The lowest BCUT2D eigenvalue weighted by atomic mass is 9.99. The molecule has 5 rings (SSSR count). The molecule has 0 bridgehead atoms. The number of hydrogen-bond donors (Lipinski definition) is 0. The average molecular weight is 495 g/mol. The summed E-state index contributed by atoms with van der Waals surface area (Å²) < 4.78 is 38.8. The van der Waals surface area contributed by atoms with Crippen LogP contribution in [0.5, 0.6) is 17.4 Å². The van der Waals surface area contributed by atoms with Crippen molar-refractivity contribution in [2.45, 2.75) is 32.7 Å². The molecule has 2 aromatic carbocycles. The highest BCUT2D eigenvalue weighted by Gasteiger charge is 2.30. The van der Waals surface area contributed by atoms with Crippen LogP contribution in [-0.4, -0.2) is 47.5 Å². The van der Waals surface area contributed by atoms with Gasteiger partial charge in [-0.1, -0.05) is 19.1 Å². The minimum Gasteiger partial charge on any atom is -0.496 e. The largest absolute Gasteiger partial charge is 0.496 e. The summed E-state index contributed by atoms with van der Waals surface area (Å²) in [7, 11) is 1.53. The number of anilines is 1. The van der Waals surface area contributed by atoms with Crippen LogP contribution < -0.4 is 14.4 Å². The highest BCUT2D eigenvalue weighted by molar-refractivity contribution is 5.97. The van der Waals surface area contributed by atoms with Gasteiger partial charge in [-0.05, 0) is 43.0 Å². The van der Waals surface area contributed by atoms with E-state index in [1.165, 1.54) is 13.2 Å². The second-order valence-electron chi connectivity index (χ2n) is 9.28. The van der Waals surface area contributed by atoms with Crippen LogP contribution in [0.1, 0.15) is 41.4 Å². The van der Waals surface area contributed by atoms with Crippen molar-refractivity contribution >= 4 is 11.9 Å². The van der Waals surface area contributed by atoms with Gasteiger partial charge in [-0.2, -0.15) is 4.98 Å². The predicted octanol–water partition coefficient (Wildman–Crippen LogP) is 4.99. The van der Waals surface area contributed by atoms with E-state index < -0.39 is 11.6 Å². The number of methoxy groups -OCH3 is 1. The number of piperidine rings is 1. The van der Waals surface area contributed by atoms with Crippen molar-refractivity contribution < 1.29 is 23.0 Å². The lowest BCUT2D eigenvalue weighted by Crippen LogP contribution is -2.38. The smallest absolute Gasteiger partial charge is 0.257 e. The van der Waals surface area contributed by atoms with Gasteiger partial charge in [-0.25, -0.2) is 13.8 Å². The molecule has 1 fully saturated rings. The summed E-state index contributed by atoms with van der Waals surface area (Å²) in [6, 6.07) is 10.4. The first-order valence-corrected chi connectivity index (χ1v) is 12.1. The second-order valence-corrected chi connectivity index (χ2v) is 9.28. The quantitative estimate of drug-likeness (QED) is 0.498. The molecule has 0 spiro atoms. The van der Waals surface area contributed by atoms with Gasteiger partial charge in [-0.3, -0.25) is 4.79 Å². The van der Waals surface area contributed by atoms with Crippen molar-refractivity contribution in [3.8, 4) is 17.4 Å². The van der Waals surface area contributed by atoms with E-state index in [1.807, 2.05) is 6.07 Å². The Kier molecular flexibility index (Phi) is 6.71. The molecule has 188 valence electrons. The molecular weight excluding hydrogens is 466 g/mol. The zero-order valence-electron chi connectivity index (χ0n) is 20.3. The summed E-state index contributed by atoms with van der Waals surface area (Å²) in [5.41, 5.74) is 1.91. The molecule has 2 aliphatic heterocycles. The van der Waals surface area contributed by atoms with Gasteiger partial charge >= 0.3 is 0 Å². The molecule has 0 radical (unpaired) electrons. The molecule has 0 N–H and O–H groups in total. The first kappa shape index (κ1) is 24.0. The maximum absolute atomic E-state index is 13.9. The zero-order valence-corrected chi connectivity index (χ0v) is 20.3. The summed E-state index contributed by atoms with van der Waals surface area (Å²) in [5.74, 6) is -0.0618. The third-order valence-corrected chi connectivity index (χ3v) is 6.81. The Balaban J connectivity index is 1.49. The fourth-order valence-corrected chi connectivity index (χ4v) is 4.62. The van der Waals surface area contributed by atoms with Crippen LogP contribution in [0.3, 0.4) is 0 Å². The van der Waals surface area contributed by atoms with E-state index in [-0.39, 0.29) is 24.1 Å². The molecule has 1 aromatic heterocycles. The van der Waals surface area contributed by atoms with Gasteiger partial charge in [0.1, 0.15) is 11.5 Å². The number of ether oxygens (including phenoxy) is 2. The van der Waals surface area contributed by atoms with Gasteiger partial charge in [0.25, 0.3) is 5.91 Å². The van der Waals surface area contributed by atoms with E-state index in [1.54, 1.807) is 23.1 Å². The van der Waals surface area contributed by atoms with Crippen LogP contribution >= 0.6 is 0 Å². The van der Waals surface area contributed by atoms with E-state index in [0.29, 0.717) is 41.7 Å². The van der Waals surface area contributed by atoms with E-state index in [0.717, 1.165) is 43.8 Å². The van der Waals surface area contributed by atoms with Gasteiger partial charge < -0.3 is 19.3 Å². The molecule has 0 unspecified atom stereocenters. The monoisotopic (exact) mass is 494 g/mol. The number of carbonyl (C=O) groups excluding carboxylic acids is 1. The molecule has 0 saturated carbocycles. The number of benzene rings is 2. The van der Waals surface area contributed by atoms with Crippen molar-refractivity contribution in [3.63, 3.8) is 0 Å². The molecular formula is C27H28F2N4O3. The molecule has 7 nitrogen and oxygen atoms in total. The Bertz CT molecular complexity index is 1280. The molecule has 0 aliphatic carbocycles. The molecule has 3 heterocycles. The molecule has 0 atom stereocenters. The third kappa shape index (κ3) is 4.82. The summed E-state index contributed by atoms with van der Waals surface area (Å²) >= 11 is 0. The third-order valence-electron chi connectivity index (χ3n) is 6.81. The predicted molar refractivity (Wildman–Crippen MR) is 131 cm³/mol. The molecule has 1 amide bonds. The van der Waals surface area contributed by atoms with Crippen molar-refractivity contribution in [1.29, 1.82) is 0 Å². The Hall–Kier alpha value is -3.75. The Labute approximate surface area is 208 Å². The van der Waals surface area contributed by atoms with Gasteiger partial charge in [0, 0.05) is 32.1 Å². The Morgan fingerprint density at radius 1 is 1.03 bits per heavy atom. The van der Waals surface area contributed by atoms with E-state index in [9.17, 15) is 13.6 Å². The lowest BCUT2D eigenvalue weighted by Gasteiger charge is -2.33. The molecule has 9 heteroatoms. The number of amides is 1. The van der Waals surface area contributed by atoms with Crippen LogP contribution in [0.15, 0.2) is 42.5 Å². The number of nitrogens with zero attached hydrogens (tertiary/aromatic N) is 4. The zero-order chi connectivity index (χ0) is 25.2. The molecule has 36 heavy (non-hydrogen) atoms. The minimum atomic E-state index is -1.01. The fraction of sp³-hybridized carbons (Fsp3) is 0.370. The number of hydrogen-bond acceptors (Lipinski definition) is 6. The minimum absolute atomic E-state index is 0.126. The number of aromatic nitrogens is 2. The van der Waals surface area contributed by atoms with Gasteiger partial charge in [0.15, 0.2) is 11.6 Å². The fourth-order valence-electron chi connectivity index (χ4n) is 4.62. The van der Waals surface area contributed by atoms with E-state index >= 15 is 0 Å². The highest BCUT2D eigenvalue weighted by atomic mass is 19.2. The summed E-state index contributed by atoms with van der Waals surface area (Å²) in [6.07, 6.45) is 2.60. The molecule has 3 aromatic rings. The van der Waals surface area contributed by atoms with Crippen molar-refractivity contribution in [2.24, 2.45) is 5.92 Å². The van der Waals surface area contributed by atoms with Gasteiger partial charge in [0.2, 0.25) is 11.8 Å². The maximum Gasteiger partial charge on any atom is 0.257 e. The number of para-hydroxylation sites is 1. The van der Waals surface area contributed by atoms with Crippen molar-refractivity contribution in [1.82, 2.24) is 14.9 Å². The van der Waals surface area contributed by atoms with E-state index in [2.05, 4.69) is 11.8 Å². The van der Waals surface area contributed by atoms with Crippen LogP contribution in [-0.2, 0) is 13.0 Å². The summed E-state index contributed by atoms with van der Waals surface area (Å²) in [5, 5.41) is 0. The SMILES string of the molecule is COc1ccccc1C(=O)N1CCc2nc(N3CCC(C)CC3)nc(Oc3ccc(F)c(F)c3)c2C1. The summed E-state index contributed by atoms with van der Waals surface area (Å²) in [6.45, 7) is 4.60. The second kappa shape index (κ2) is 10.1.